The zero-order valence-electron chi connectivity index (χ0n) is 13.5. The summed E-state index contributed by atoms with van der Waals surface area (Å²) in [4.78, 5) is 13.9. The first-order valence-corrected chi connectivity index (χ1v) is 8.09. The van der Waals surface area contributed by atoms with Crippen molar-refractivity contribution in [3.05, 3.63) is 65.2 Å². The molecular formula is C19H23N2O2+. The van der Waals surface area contributed by atoms with Crippen molar-refractivity contribution in [3.63, 3.8) is 0 Å². The third kappa shape index (κ3) is 4.18. The highest BCUT2D eigenvalue weighted by Gasteiger charge is 2.14. The van der Waals surface area contributed by atoms with Gasteiger partial charge in [-0.15, -0.1) is 0 Å². The van der Waals surface area contributed by atoms with Gasteiger partial charge in [-0.05, 0) is 30.7 Å². The Morgan fingerprint density at radius 3 is 2.48 bits per heavy atom. The van der Waals surface area contributed by atoms with E-state index < -0.39 is 0 Å². The van der Waals surface area contributed by atoms with Gasteiger partial charge in [0.15, 0.2) is 0 Å². The Morgan fingerprint density at radius 1 is 1.09 bits per heavy atom. The molecule has 1 heterocycles. The molecule has 0 spiro atoms. The van der Waals surface area contributed by atoms with Gasteiger partial charge in [-0.25, -0.2) is 0 Å². The largest absolute Gasteiger partial charge is 0.370 e. The van der Waals surface area contributed by atoms with Gasteiger partial charge in [0.25, 0.3) is 5.91 Å². The summed E-state index contributed by atoms with van der Waals surface area (Å²) in [5.41, 5.74) is 3.82. The number of benzene rings is 2. The predicted molar refractivity (Wildman–Crippen MR) is 90.8 cm³/mol. The van der Waals surface area contributed by atoms with Crippen molar-refractivity contribution in [2.24, 2.45) is 0 Å². The summed E-state index contributed by atoms with van der Waals surface area (Å²) in [6.07, 6.45) is 0. The van der Waals surface area contributed by atoms with Crippen molar-refractivity contribution >= 4 is 11.6 Å². The van der Waals surface area contributed by atoms with Crippen LogP contribution in [0.3, 0.4) is 0 Å². The number of morpholine rings is 1. The molecule has 4 heteroatoms. The van der Waals surface area contributed by atoms with E-state index in [9.17, 15) is 4.79 Å². The Hall–Kier alpha value is -2.17. The van der Waals surface area contributed by atoms with Crippen LogP contribution in [0.5, 0.6) is 0 Å². The number of nitrogens with one attached hydrogen (secondary N) is 2. The number of hydrogen-bond donors (Lipinski definition) is 2. The molecule has 23 heavy (non-hydrogen) atoms. The molecule has 2 aromatic carbocycles. The van der Waals surface area contributed by atoms with Crippen LogP contribution in [0.1, 0.15) is 21.5 Å². The molecule has 0 saturated carbocycles. The van der Waals surface area contributed by atoms with Crippen LogP contribution in [0.25, 0.3) is 0 Å². The van der Waals surface area contributed by atoms with Gasteiger partial charge in [-0.3, -0.25) is 4.79 Å². The van der Waals surface area contributed by atoms with Crippen LogP contribution in [-0.4, -0.2) is 32.2 Å². The Morgan fingerprint density at radius 2 is 1.78 bits per heavy atom. The van der Waals surface area contributed by atoms with E-state index in [4.69, 9.17) is 4.74 Å². The Kier molecular flexibility index (Phi) is 5.05. The van der Waals surface area contributed by atoms with Gasteiger partial charge >= 0.3 is 0 Å². The van der Waals surface area contributed by atoms with E-state index in [2.05, 4.69) is 17.4 Å². The van der Waals surface area contributed by atoms with Gasteiger partial charge in [0.05, 0.1) is 13.2 Å². The Balaban J connectivity index is 1.61. The lowest BCUT2D eigenvalue weighted by atomic mass is 10.1. The van der Waals surface area contributed by atoms with E-state index in [1.165, 1.54) is 5.56 Å². The number of carbonyl (C=O) groups excluding carboxylic acids is 1. The monoisotopic (exact) mass is 311 g/mol. The van der Waals surface area contributed by atoms with Crippen LogP contribution in [0.4, 0.5) is 5.69 Å². The first-order chi connectivity index (χ1) is 11.2. The van der Waals surface area contributed by atoms with Crippen molar-refractivity contribution in [3.8, 4) is 0 Å². The smallest absolute Gasteiger partial charge is 0.255 e. The van der Waals surface area contributed by atoms with Crippen molar-refractivity contribution in [2.75, 3.05) is 31.6 Å². The molecule has 0 aromatic heterocycles. The highest BCUT2D eigenvalue weighted by molar-refractivity contribution is 6.05. The average Bonchev–Trinajstić information content (AvgIpc) is 2.58. The van der Waals surface area contributed by atoms with Crippen LogP contribution in [0.2, 0.25) is 0 Å². The summed E-state index contributed by atoms with van der Waals surface area (Å²) in [7, 11) is 0. The summed E-state index contributed by atoms with van der Waals surface area (Å²) in [5, 5.41) is 2.96. The summed E-state index contributed by atoms with van der Waals surface area (Å²) in [6, 6.07) is 15.8. The average molecular weight is 311 g/mol. The fraction of sp³-hybridized carbons (Fsp3) is 0.316. The fourth-order valence-electron chi connectivity index (χ4n) is 2.86. The molecule has 0 unspecified atom stereocenters. The van der Waals surface area contributed by atoms with Crippen molar-refractivity contribution in [2.45, 2.75) is 13.5 Å². The van der Waals surface area contributed by atoms with Gasteiger partial charge in [0, 0.05) is 16.8 Å². The Labute approximate surface area is 137 Å². The van der Waals surface area contributed by atoms with Crippen molar-refractivity contribution in [1.82, 2.24) is 0 Å². The second-order valence-corrected chi connectivity index (χ2v) is 6.01. The molecule has 1 saturated heterocycles. The minimum absolute atomic E-state index is 0.0605. The lowest BCUT2D eigenvalue weighted by Gasteiger charge is -2.23. The normalized spacial score (nSPS) is 15.3. The third-order valence-corrected chi connectivity index (χ3v) is 4.26. The first-order valence-electron chi connectivity index (χ1n) is 8.09. The van der Waals surface area contributed by atoms with Gasteiger partial charge in [0.1, 0.15) is 19.6 Å². The SMILES string of the molecule is Cc1ccccc1C(=O)Nc1ccc(C[NH+]2CCOCC2)cc1. The molecule has 1 aliphatic heterocycles. The van der Waals surface area contributed by atoms with E-state index in [0.717, 1.165) is 44.1 Å². The maximum Gasteiger partial charge on any atom is 0.255 e. The number of ether oxygens (including phenoxy) is 1. The van der Waals surface area contributed by atoms with Gasteiger partial charge in [0.2, 0.25) is 0 Å². The fourth-order valence-corrected chi connectivity index (χ4v) is 2.86. The summed E-state index contributed by atoms with van der Waals surface area (Å²) < 4.78 is 5.38. The lowest BCUT2D eigenvalue weighted by molar-refractivity contribution is -0.921. The minimum Gasteiger partial charge on any atom is -0.370 e. The number of anilines is 1. The lowest BCUT2D eigenvalue weighted by Crippen LogP contribution is -3.12. The quantitative estimate of drug-likeness (QED) is 0.902. The molecule has 0 aliphatic carbocycles. The van der Waals surface area contributed by atoms with E-state index in [-0.39, 0.29) is 5.91 Å². The molecule has 1 aliphatic rings. The maximum atomic E-state index is 12.3. The van der Waals surface area contributed by atoms with Crippen LogP contribution in [-0.2, 0) is 11.3 Å². The second kappa shape index (κ2) is 7.40. The highest BCUT2D eigenvalue weighted by atomic mass is 16.5. The molecule has 120 valence electrons. The zero-order valence-corrected chi connectivity index (χ0v) is 13.5. The van der Waals surface area contributed by atoms with E-state index in [1.54, 1.807) is 4.90 Å². The highest BCUT2D eigenvalue weighted by Crippen LogP contribution is 2.13. The maximum absolute atomic E-state index is 12.3. The van der Waals surface area contributed by atoms with E-state index >= 15 is 0 Å². The molecular weight excluding hydrogens is 288 g/mol. The number of aryl methyl sites for hydroxylation is 1. The molecule has 1 fully saturated rings. The minimum atomic E-state index is -0.0605. The molecule has 3 rings (SSSR count). The second-order valence-electron chi connectivity index (χ2n) is 6.01. The summed E-state index contributed by atoms with van der Waals surface area (Å²) >= 11 is 0. The molecule has 0 atom stereocenters. The number of hydrogen-bond acceptors (Lipinski definition) is 2. The molecule has 0 radical (unpaired) electrons. The summed E-state index contributed by atoms with van der Waals surface area (Å²) in [5.74, 6) is -0.0605. The van der Waals surface area contributed by atoms with Crippen molar-refractivity contribution < 1.29 is 14.4 Å². The standard InChI is InChI=1S/C19H22N2O2/c1-15-4-2-3-5-18(15)19(22)20-17-8-6-16(7-9-17)14-21-10-12-23-13-11-21/h2-9H,10-14H2,1H3,(H,20,22)/p+1. The van der Waals surface area contributed by atoms with E-state index in [1.807, 2.05) is 43.3 Å². The summed E-state index contributed by atoms with van der Waals surface area (Å²) in [6.45, 7) is 6.77. The predicted octanol–water partition coefficient (Wildman–Crippen LogP) is 1.66. The molecule has 0 bridgehead atoms. The molecule has 2 N–H and O–H groups in total. The van der Waals surface area contributed by atoms with Gasteiger partial charge < -0.3 is 15.0 Å². The van der Waals surface area contributed by atoms with Crippen LogP contribution in [0.15, 0.2) is 48.5 Å². The van der Waals surface area contributed by atoms with Gasteiger partial charge in [-0.2, -0.15) is 0 Å². The van der Waals surface area contributed by atoms with Gasteiger partial charge in [-0.1, -0.05) is 30.3 Å². The molecule has 2 aromatic rings. The number of rotatable bonds is 4. The van der Waals surface area contributed by atoms with Crippen molar-refractivity contribution in [1.29, 1.82) is 0 Å². The van der Waals surface area contributed by atoms with E-state index in [0.29, 0.717) is 5.56 Å². The van der Waals surface area contributed by atoms with Crippen LogP contribution < -0.4 is 10.2 Å². The number of amides is 1. The topological polar surface area (TPSA) is 42.8 Å². The number of carbonyl (C=O) groups is 1. The number of quaternary nitrogens is 1. The first kappa shape index (κ1) is 15.7. The van der Waals surface area contributed by atoms with Crippen LogP contribution in [0, 0.1) is 6.92 Å². The molecule has 1 amide bonds. The van der Waals surface area contributed by atoms with Crippen LogP contribution >= 0.6 is 0 Å². The Bertz CT molecular complexity index is 661. The zero-order chi connectivity index (χ0) is 16.1. The molecule has 4 nitrogen and oxygen atoms in total. The third-order valence-electron chi connectivity index (χ3n) is 4.26.